The Morgan fingerprint density at radius 1 is 1.07 bits per heavy atom. The fraction of sp³-hybridized carbons (Fsp3) is 0.238. The van der Waals surface area contributed by atoms with Gasteiger partial charge in [-0.05, 0) is 42.3 Å². The molecule has 6 heteroatoms. The molecule has 2 aliphatic rings. The third kappa shape index (κ3) is 2.83. The van der Waals surface area contributed by atoms with Gasteiger partial charge in [-0.1, -0.05) is 18.2 Å². The molecule has 6 nitrogen and oxygen atoms in total. The summed E-state index contributed by atoms with van der Waals surface area (Å²) in [5, 5.41) is 6.14. The Morgan fingerprint density at radius 3 is 2.74 bits per heavy atom. The first-order valence-electron chi connectivity index (χ1n) is 9.09. The number of benzene rings is 1. The number of hydrogen-bond acceptors (Lipinski definition) is 5. The second-order valence-electron chi connectivity index (χ2n) is 6.80. The summed E-state index contributed by atoms with van der Waals surface area (Å²) < 4.78 is 11.1. The summed E-state index contributed by atoms with van der Waals surface area (Å²) >= 11 is 0. The smallest absolute Gasteiger partial charge is 0.262 e. The highest BCUT2D eigenvalue weighted by Crippen LogP contribution is 2.34. The quantitative estimate of drug-likeness (QED) is 0.712. The van der Waals surface area contributed by atoms with Crippen LogP contribution in [0.15, 0.2) is 75.0 Å². The van der Waals surface area contributed by atoms with E-state index in [0.29, 0.717) is 18.7 Å². The zero-order chi connectivity index (χ0) is 18.2. The van der Waals surface area contributed by atoms with E-state index in [2.05, 4.69) is 22.1 Å². The molecule has 0 spiro atoms. The van der Waals surface area contributed by atoms with Crippen molar-refractivity contribution in [2.24, 2.45) is 5.10 Å². The zero-order valence-corrected chi connectivity index (χ0v) is 14.7. The summed E-state index contributed by atoms with van der Waals surface area (Å²) in [6.07, 6.45) is 4.78. The minimum atomic E-state index is -0.245. The minimum Gasteiger partial charge on any atom is -0.467 e. The number of amides is 1. The van der Waals surface area contributed by atoms with E-state index in [4.69, 9.17) is 8.83 Å². The topological polar surface area (TPSA) is 62.2 Å². The molecule has 5 rings (SSSR count). The number of nitrogens with zero attached hydrogens (tertiary/aromatic N) is 3. The van der Waals surface area contributed by atoms with Gasteiger partial charge in [-0.15, -0.1) is 0 Å². The third-order valence-electron chi connectivity index (χ3n) is 5.15. The van der Waals surface area contributed by atoms with E-state index in [9.17, 15) is 4.79 Å². The molecule has 2 aliphatic heterocycles. The summed E-state index contributed by atoms with van der Waals surface area (Å²) in [5.41, 5.74) is 3.18. The lowest BCUT2D eigenvalue weighted by molar-refractivity contribution is -0.131. The summed E-state index contributed by atoms with van der Waals surface area (Å²) in [5.74, 6) is 1.37. The van der Waals surface area contributed by atoms with Crippen LogP contribution in [0, 0.1) is 0 Å². The van der Waals surface area contributed by atoms with Gasteiger partial charge in [-0.3, -0.25) is 4.79 Å². The standard InChI is InChI=1S/C21H19N3O3/c25-21(14-23-10-9-15-5-1-2-6-17(15)23)24-18(20-8-4-12-27-20)13-16(22-24)19-7-3-11-26-19/h1-8,11-12,18H,9-10,13-14H2/t18-/m1/s1. The zero-order valence-electron chi connectivity index (χ0n) is 14.7. The van der Waals surface area contributed by atoms with E-state index in [1.54, 1.807) is 17.5 Å². The van der Waals surface area contributed by atoms with Crippen molar-refractivity contribution in [2.75, 3.05) is 18.0 Å². The van der Waals surface area contributed by atoms with Crippen molar-refractivity contribution in [3.8, 4) is 0 Å². The van der Waals surface area contributed by atoms with Gasteiger partial charge < -0.3 is 13.7 Å². The number of carbonyl (C=O) groups is 1. The molecular formula is C21H19N3O3. The third-order valence-corrected chi connectivity index (χ3v) is 5.15. The predicted octanol–water partition coefficient (Wildman–Crippen LogP) is 3.61. The maximum Gasteiger partial charge on any atom is 0.262 e. The van der Waals surface area contributed by atoms with Crippen LogP contribution in [-0.4, -0.2) is 29.7 Å². The molecule has 0 fully saturated rings. The average molecular weight is 361 g/mol. The van der Waals surface area contributed by atoms with Crippen molar-refractivity contribution < 1.29 is 13.6 Å². The van der Waals surface area contributed by atoms with Gasteiger partial charge in [-0.25, -0.2) is 5.01 Å². The molecule has 3 aromatic rings. The van der Waals surface area contributed by atoms with Crippen molar-refractivity contribution in [1.82, 2.24) is 5.01 Å². The molecule has 1 atom stereocenters. The van der Waals surface area contributed by atoms with E-state index in [1.165, 1.54) is 5.56 Å². The molecule has 0 saturated heterocycles. The van der Waals surface area contributed by atoms with Crippen molar-refractivity contribution in [2.45, 2.75) is 18.9 Å². The summed E-state index contributed by atoms with van der Waals surface area (Å²) in [6.45, 7) is 1.14. The fourth-order valence-electron chi connectivity index (χ4n) is 3.84. The van der Waals surface area contributed by atoms with Crippen LogP contribution in [0.5, 0.6) is 0 Å². The number of carbonyl (C=O) groups excluding carboxylic acids is 1. The van der Waals surface area contributed by atoms with Gasteiger partial charge in [0.25, 0.3) is 5.91 Å². The van der Waals surface area contributed by atoms with Crippen molar-refractivity contribution in [1.29, 1.82) is 0 Å². The maximum absolute atomic E-state index is 13.1. The van der Waals surface area contributed by atoms with Crippen LogP contribution in [0.3, 0.4) is 0 Å². The highest BCUT2D eigenvalue weighted by atomic mass is 16.3. The Hall–Kier alpha value is -3.28. The summed E-state index contributed by atoms with van der Waals surface area (Å²) in [7, 11) is 0. The van der Waals surface area contributed by atoms with Crippen molar-refractivity contribution in [3.63, 3.8) is 0 Å². The first-order valence-corrected chi connectivity index (χ1v) is 9.09. The lowest BCUT2D eigenvalue weighted by Gasteiger charge is -2.24. The fourth-order valence-corrected chi connectivity index (χ4v) is 3.84. The molecule has 2 aromatic heterocycles. The van der Waals surface area contributed by atoms with Gasteiger partial charge in [0, 0.05) is 18.7 Å². The Labute approximate surface area is 156 Å². The van der Waals surface area contributed by atoms with E-state index < -0.39 is 0 Å². The highest BCUT2D eigenvalue weighted by Gasteiger charge is 2.36. The summed E-state index contributed by atoms with van der Waals surface area (Å²) in [6, 6.07) is 15.4. The number of fused-ring (bicyclic) bond motifs is 1. The van der Waals surface area contributed by atoms with Gasteiger partial charge >= 0.3 is 0 Å². The molecule has 0 radical (unpaired) electrons. The minimum absolute atomic E-state index is 0.0466. The molecule has 0 bridgehead atoms. The molecule has 136 valence electrons. The molecule has 4 heterocycles. The van der Waals surface area contributed by atoms with Gasteiger partial charge in [-0.2, -0.15) is 5.10 Å². The lowest BCUT2D eigenvalue weighted by atomic mass is 10.1. The van der Waals surface area contributed by atoms with Crippen LogP contribution >= 0.6 is 0 Å². The lowest BCUT2D eigenvalue weighted by Crippen LogP contribution is -2.37. The van der Waals surface area contributed by atoms with Gasteiger partial charge in [0.2, 0.25) is 0 Å². The number of hydrogen-bond donors (Lipinski definition) is 0. The average Bonchev–Trinajstić information content (AvgIpc) is 3.47. The van der Waals surface area contributed by atoms with Gasteiger partial charge in [0.1, 0.15) is 23.3 Å². The SMILES string of the molecule is O=C(CN1CCc2ccccc21)N1N=C(c2ccco2)C[C@@H]1c1ccco1. The number of anilines is 1. The second kappa shape index (κ2) is 6.46. The first kappa shape index (κ1) is 15.9. The highest BCUT2D eigenvalue weighted by molar-refractivity contribution is 6.01. The number of para-hydroxylation sites is 1. The van der Waals surface area contributed by atoms with Crippen LogP contribution < -0.4 is 4.90 Å². The van der Waals surface area contributed by atoms with Crippen LogP contribution in [0.1, 0.15) is 29.5 Å². The molecule has 0 N–H and O–H groups in total. The van der Waals surface area contributed by atoms with Crippen LogP contribution in [0.4, 0.5) is 5.69 Å². The number of rotatable bonds is 4. The normalized spacial score (nSPS) is 18.7. The van der Waals surface area contributed by atoms with Crippen LogP contribution in [0.25, 0.3) is 0 Å². The summed E-state index contributed by atoms with van der Waals surface area (Å²) in [4.78, 5) is 15.3. The number of hydrazone groups is 1. The second-order valence-corrected chi connectivity index (χ2v) is 6.80. The predicted molar refractivity (Wildman–Crippen MR) is 101 cm³/mol. The van der Waals surface area contributed by atoms with Gasteiger partial charge in [0.15, 0.2) is 0 Å². The molecule has 27 heavy (non-hydrogen) atoms. The van der Waals surface area contributed by atoms with Crippen molar-refractivity contribution in [3.05, 3.63) is 78.1 Å². The monoisotopic (exact) mass is 361 g/mol. The maximum atomic E-state index is 13.1. The Balaban J connectivity index is 1.41. The molecule has 1 amide bonds. The molecule has 0 saturated carbocycles. The van der Waals surface area contributed by atoms with Crippen molar-refractivity contribution >= 4 is 17.3 Å². The van der Waals surface area contributed by atoms with E-state index in [0.717, 1.165) is 30.1 Å². The Morgan fingerprint density at radius 2 is 1.93 bits per heavy atom. The first-order chi connectivity index (χ1) is 13.3. The van der Waals surface area contributed by atoms with Crippen LogP contribution in [0.2, 0.25) is 0 Å². The van der Waals surface area contributed by atoms with E-state index in [-0.39, 0.29) is 11.9 Å². The number of furan rings is 2. The molecular weight excluding hydrogens is 342 g/mol. The Bertz CT molecular complexity index is 976. The van der Waals surface area contributed by atoms with E-state index in [1.807, 2.05) is 36.4 Å². The molecule has 1 aromatic carbocycles. The van der Waals surface area contributed by atoms with E-state index >= 15 is 0 Å². The Kier molecular flexibility index (Phi) is 3.81. The molecule has 0 unspecified atom stereocenters. The van der Waals surface area contributed by atoms with Crippen LogP contribution in [-0.2, 0) is 11.2 Å². The van der Waals surface area contributed by atoms with Gasteiger partial charge in [0.05, 0.1) is 19.1 Å². The molecule has 0 aliphatic carbocycles. The largest absolute Gasteiger partial charge is 0.467 e.